The van der Waals surface area contributed by atoms with E-state index in [2.05, 4.69) is 6.92 Å². The summed E-state index contributed by atoms with van der Waals surface area (Å²) >= 11 is 0. The van der Waals surface area contributed by atoms with Crippen LogP contribution >= 0.6 is 0 Å². The number of aromatic nitrogens is 2. The van der Waals surface area contributed by atoms with Crippen LogP contribution in [-0.4, -0.2) is 46.8 Å². The molecule has 130 valence electrons. The monoisotopic (exact) mass is 330 g/mol. The van der Waals surface area contributed by atoms with Gasteiger partial charge in [0, 0.05) is 42.7 Å². The van der Waals surface area contributed by atoms with Crippen LogP contribution in [-0.2, 0) is 21.4 Å². The highest BCUT2D eigenvalue weighted by Crippen LogP contribution is 2.36. The second-order valence-corrected chi connectivity index (χ2v) is 7.64. The molecule has 2 amide bonds. The number of likely N-dealkylation sites (tertiary alicyclic amines) is 1. The largest absolute Gasteiger partial charge is 0.341 e. The molecule has 0 bridgehead atoms. The number of piperidine rings is 1. The highest BCUT2D eigenvalue weighted by atomic mass is 16.2. The summed E-state index contributed by atoms with van der Waals surface area (Å²) in [5, 5.41) is 0. The molecule has 1 atom stereocenters. The molecule has 6 heteroatoms. The van der Waals surface area contributed by atoms with Crippen molar-refractivity contribution in [2.75, 3.05) is 25.0 Å². The number of hydrogen-bond donors (Lipinski definition) is 0. The molecule has 6 nitrogen and oxygen atoms in total. The maximum Gasteiger partial charge on any atom is 0.232 e. The summed E-state index contributed by atoms with van der Waals surface area (Å²) in [6.45, 7) is 9.38. The number of amides is 2. The number of rotatable bonds is 2. The van der Waals surface area contributed by atoms with Gasteiger partial charge in [-0.05, 0) is 19.8 Å². The Morgan fingerprint density at radius 3 is 2.67 bits per heavy atom. The number of likely N-dealkylation sites (N-methyl/N-ethyl adjacent to an activating group) is 1. The quantitative estimate of drug-likeness (QED) is 0.830. The van der Waals surface area contributed by atoms with E-state index in [1.165, 1.54) is 0 Å². The van der Waals surface area contributed by atoms with E-state index in [1.807, 2.05) is 25.7 Å². The van der Waals surface area contributed by atoms with Crippen LogP contribution in [0.25, 0.3) is 0 Å². The van der Waals surface area contributed by atoms with E-state index in [1.54, 1.807) is 11.9 Å². The summed E-state index contributed by atoms with van der Waals surface area (Å²) in [6.07, 6.45) is 2.28. The molecule has 0 aliphatic carbocycles. The fourth-order valence-corrected chi connectivity index (χ4v) is 3.70. The zero-order valence-corrected chi connectivity index (χ0v) is 15.2. The van der Waals surface area contributed by atoms with Crippen molar-refractivity contribution in [3.8, 4) is 0 Å². The molecule has 1 fully saturated rings. The third kappa shape index (κ3) is 2.68. The van der Waals surface area contributed by atoms with E-state index in [-0.39, 0.29) is 23.1 Å². The number of aryl methyl sites for hydroxylation is 1. The minimum absolute atomic E-state index is 0.00113. The van der Waals surface area contributed by atoms with Gasteiger partial charge in [0.05, 0.1) is 6.42 Å². The van der Waals surface area contributed by atoms with Gasteiger partial charge in [-0.25, -0.2) is 9.97 Å². The summed E-state index contributed by atoms with van der Waals surface area (Å²) < 4.78 is 0. The van der Waals surface area contributed by atoms with E-state index < -0.39 is 0 Å². The lowest BCUT2D eigenvalue weighted by Gasteiger charge is -2.40. The highest BCUT2D eigenvalue weighted by Gasteiger charge is 2.39. The zero-order chi connectivity index (χ0) is 17.6. The summed E-state index contributed by atoms with van der Waals surface area (Å²) in [5.74, 6) is 1.73. The predicted octanol–water partition coefficient (Wildman–Crippen LogP) is 1.84. The molecule has 24 heavy (non-hydrogen) atoms. The number of anilines is 1. The van der Waals surface area contributed by atoms with Crippen LogP contribution in [0.5, 0.6) is 0 Å². The van der Waals surface area contributed by atoms with Gasteiger partial charge >= 0.3 is 0 Å². The van der Waals surface area contributed by atoms with Gasteiger partial charge in [-0.15, -0.1) is 0 Å². The maximum atomic E-state index is 12.4. The van der Waals surface area contributed by atoms with Crippen molar-refractivity contribution in [2.45, 2.75) is 52.4 Å². The summed E-state index contributed by atoms with van der Waals surface area (Å²) in [7, 11) is 1.77. The lowest BCUT2D eigenvalue weighted by molar-refractivity contribution is -0.136. The molecule has 0 radical (unpaired) electrons. The average molecular weight is 330 g/mol. The first kappa shape index (κ1) is 16.9. The van der Waals surface area contributed by atoms with Crippen LogP contribution in [0, 0.1) is 12.8 Å². The van der Waals surface area contributed by atoms with Gasteiger partial charge in [-0.2, -0.15) is 0 Å². The van der Waals surface area contributed by atoms with Crippen LogP contribution in [0.3, 0.4) is 0 Å². The molecule has 1 aromatic rings. The van der Waals surface area contributed by atoms with E-state index in [9.17, 15) is 9.59 Å². The molecule has 0 aromatic carbocycles. The molecule has 0 unspecified atom stereocenters. The molecule has 1 aromatic heterocycles. The topological polar surface area (TPSA) is 66.4 Å². The first-order valence-corrected chi connectivity index (χ1v) is 8.66. The molecule has 0 N–H and O–H groups in total. The smallest absolute Gasteiger partial charge is 0.232 e. The number of carbonyl (C=O) groups is 2. The Morgan fingerprint density at radius 2 is 2.00 bits per heavy atom. The lowest BCUT2D eigenvalue weighted by Crippen LogP contribution is -2.49. The van der Waals surface area contributed by atoms with E-state index in [4.69, 9.17) is 9.97 Å². The fraction of sp³-hybridized carbons (Fsp3) is 0.667. The van der Waals surface area contributed by atoms with Gasteiger partial charge < -0.3 is 4.90 Å². The van der Waals surface area contributed by atoms with Crippen LogP contribution in [0.2, 0.25) is 0 Å². The second-order valence-electron chi connectivity index (χ2n) is 7.64. The van der Waals surface area contributed by atoms with Crippen LogP contribution in [0.1, 0.15) is 50.7 Å². The minimum Gasteiger partial charge on any atom is -0.341 e. The molecule has 2 aliphatic rings. The van der Waals surface area contributed by atoms with Crippen LogP contribution < -0.4 is 4.90 Å². The molecular formula is C18H26N4O2. The van der Waals surface area contributed by atoms with Crippen molar-refractivity contribution in [1.29, 1.82) is 0 Å². The van der Waals surface area contributed by atoms with E-state index in [0.29, 0.717) is 13.0 Å². The molecule has 3 heterocycles. The Morgan fingerprint density at radius 1 is 1.29 bits per heavy atom. The fourth-order valence-electron chi connectivity index (χ4n) is 3.70. The highest BCUT2D eigenvalue weighted by molar-refractivity contribution is 6.00. The third-order valence-electron chi connectivity index (χ3n) is 5.25. The van der Waals surface area contributed by atoms with Crippen molar-refractivity contribution in [2.24, 2.45) is 5.92 Å². The molecule has 0 spiro atoms. The van der Waals surface area contributed by atoms with E-state index in [0.717, 1.165) is 42.3 Å². The van der Waals surface area contributed by atoms with Gasteiger partial charge in [0.2, 0.25) is 11.8 Å². The first-order valence-electron chi connectivity index (χ1n) is 8.66. The number of fused-ring (bicyclic) bond motifs is 1. The number of nitrogens with zero attached hydrogens (tertiary/aromatic N) is 4. The van der Waals surface area contributed by atoms with Crippen molar-refractivity contribution in [3.05, 3.63) is 17.1 Å². The summed E-state index contributed by atoms with van der Waals surface area (Å²) in [4.78, 5) is 37.4. The Balaban J connectivity index is 1.95. The molecule has 1 saturated heterocycles. The summed E-state index contributed by atoms with van der Waals surface area (Å²) in [5.41, 5.74) is 1.54. The minimum atomic E-state index is -0.269. The lowest BCUT2D eigenvalue weighted by atomic mass is 9.80. The van der Waals surface area contributed by atoms with Crippen LogP contribution in [0.4, 0.5) is 5.82 Å². The third-order valence-corrected chi connectivity index (χ3v) is 5.25. The van der Waals surface area contributed by atoms with Crippen LogP contribution in [0.15, 0.2) is 0 Å². The SMILES string of the molecule is Cc1nc([C@@]2(C)CCCN(C(=O)C(C)C)C2)nc2c1CC(=O)N2C. The molecule has 3 rings (SSSR count). The van der Waals surface area contributed by atoms with Crippen molar-refractivity contribution < 1.29 is 9.59 Å². The number of hydrogen-bond acceptors (Lipinski definition) is 4. The van der Waals surface area contributed by atoms with Gasteiger partial charge in [0.1, 0.15) is 11.6 Å². The first-order chi connectivity index (χ1) is 11.2. The van der Waals surface area contributed by atoms with Crippen molar-refractivity contribution in [3.63, 3.8) is 0 Å². The van der Waals surface area contributed by atoms with Gasteiger partial charge in [-0.1, -0.05) is 20.8 Å². The molecular weight excluding hydrogens is 304 g/mol. The average Bonchev–Trinajstić information content (AvgIpc) is 2.82. The zero-order valence-electron chi connectivity index (χ0n) is 15.2. The second kappa shape index (κ2) is 5.83. The van der Waals surface area contributed by atoms with Gasteiger partial charge in [0.15, 0.2) is 0 Å². The van der Waals surface area contributed by atoms with Gasteiger partial charge in [0.25, 0.3) is 0 Å². The Kier molecular flexibility index (Phi) is 4.10. The Labute approximate surface area is 143 Å². The molecule has 2 aliphatic heterocycles. The van der Waals surface area contributed by atoms with Crippen molar-refractivity contribution in [1.82, 2.24) is 14.9 Å². The van der Waals surface area contributed by atoms with Crippen molar-refractivity contribution >= 4 is 17.6 Å². The van der Waals surface area contributed by atoms with Gasteiger partial charge in [-0.3, -0.25) is 14.5 Å². The standard InChI is InChI=1S/C18H26N4O2/c1-11(2)16(24)22-8-6-7-18(4,10-22)17-19-12(3)13-9-14(23)21(5)15(13)20-17/h11H,6-10H2,1-5H3/t18-/m0/s1. The Hall–Kier alpha value is -1.98. The molecule has 0 saturated carbocycles. The Bertz CT molecular complexity index is 701. The number of carbonyl (C=O) groups excluding carboxylic acids is 2. The normalized spacial score (nSPS) is 23.8. The predicted molar refractivity (Wildman–Crippen MR) is 91.9 cm³/mol. The maximum absolute atomic E-state index is 12.4. The van der Waals surface area contributed by atoms with E-state index >= 15 is 0 Å². The summed E-state index contributed by atoms with van der Waals surface area (Å²) in [6, 6.07) is 0.